The molecule has 0 radical (unpaired) electrons. The molecule has 5 rings (SSSR count). The summed E-state index contributed by atoms with van der Waals surface area (Å²) in [5, 5.41) is 10.2. The number of para-hydroxylation sites is 1. The molecule has 0 fully saturated rings. The summed E-state index contributed by atoms with van der Waals surface area (Å²) in [4.78, 5) is 27.3. The van der Waals surface area contributed by atoms with Crippen molar-refractivity contribution in [3.8, 4) is 11.6 Å². The van der Waals surface area contributed by atoms with Crippen LogP contribution in [0, 0.1) is 6.92 Å². The summed E-state index contributed by atoms with van der Waals surface area (Å²) in [6, 6.07) is 14.8. The van der Waals surface area contributed by atoms with E-state index in [0.717, 1.165) is 22.2 Å². The van der Waals surface area contributed by atoms with Crippen molar-refractivity contribution >= 4 is 50.8 Å². The Hall–Kier alpha value is -3.43. The Morgan fingerprint density at radius 3 is 2.73 bits per heavy atom. The molecule has 148 valence electrons. The van der Waals surface area contributed by atoms with Crippen molar-refractivity contribution < 1.29 is 9.84 Å². The van der Waals surface area contributed by atoms with E-state index >= 15 is 0 Å². The first kappa shape index (κ1) is 18.6. The number of thiophene rings is 1. The first-order valence-electron chi connectivity index (χ1n) is 8.97. The van der Waals surface area contributed by atoms with Crippen molar-refractivity contribution in [3.63, 3.8) is 0 Å². The topological polar surface area (TPSA) is 90.1 Å². The number of hydrogen-bond donors (Lipinski definition) is 1. The Kier molecular flexibility index (Phi) is 4.61. The second-order valence-corrected chi connectivity index (χ2v) is 8.40. The van der Waals surface area contributed by atoms with E-state index in [0.29, 0.717) is 32.0 Å². The molecule has 30 heavy (non-hydrogen) atoms. The third-order valence-electron chi connectivity index (χ3n) is 4.46. The van der Waals surface area contributed by atoms with E-state index in [1.807, 2.05) is 43.3 Å². The molecule has 0 bridgehead atoms. The number of ether oxygens (including phenoxy) is 1. The number of aliphatic hydroxyl groups excluding tert-OH is 1. The molecule has 1 N–H and O–H groups in total. The highest BCUT2D eigenvalue weighted by molar-refractivity contribution is 7.98. The standard InChI is InChI=1S/C21H14N4O3S2/c1-12-15(7-8-17(23-12)28-13-5-3-2-4-6-13)30-25-14-9-10-22-20-18(14)19(24-21(25)27)16(11-26)29-20/h2-11,26H,1H3. The van der Waals surface area contributed by atoms with Crippen LogP contribution in [0.3, 0.4) is 0 Å². The predicted molar refractivity (Wildman–Crippen MR) is 118 cm³/mol. The van der Waals surface area contributed by atoms with Crippen LogP contribution < -0.4 is 15.0 Å². The number of aryl methyl sites for hydroxylation is 1. The Morgan fingerprint density at radius 1 is 1.13 bits per heavy atom. The molecule has 0 saturated heterocycles. The summed E-state index contributed by atoms with van der Waals surface area (Å²) in [6.45, 7) is 1.86. The zero-order valence-electron chi connectivity index (χ0n) is 15.6. The monoisotopic (exact) mass is 434 g/mol. The third kappa shape index (κ3) is 3.17. The minimum atomic E-state index is -0.425. The molecule has 0 amide bonds. The molecule has 1 aromatic carbocycles. The Morgan fingerprint density at radius 2 is 1.97 bits per heavy atom. The van der Waals surface area contributed by atoms with Gasteiger partial charge in [0.05, 0.1) is 32.3 Å². The lowest BCUT2D eigenvalue weighted by molar-refractivity contribution is 0.460. The predicted octanol–water partition coefficient (Wildman–Crippen LogP) is 4.07. The largest absolute Gasteiger partial charge is 0.514 e. The number of benzene rings is 1. The van der Waals surface area contributed by atoms with E-state index in [4.69, 9.17) is 4.74 Å². The molecule has 5 aromatic rings. The zero-order chi connectivity index (χ0) is 20.7. The molecule has 0 atom stereocenters. The van der Waals surface area contributed by atoms with Crippen LogP contribution in [0.5, 0.6) is 11.6 Å². The van der Waals surface area contributed by atoms with Gasteiger partial charge in [-0.05, 0) is 43.1 Å². The maximum absolute atomic E-state index is 12.8. The molecule has 0 unspecified atom stereocenters. The molecule has 4 heterocycles. The van der Waals surface area contributed by atoms with Crippen LogP contribution in [0.15, 0.2) is 64.4 Å². The van der Waals surface area contributed by atoms with E-state index in [9.17, 15) is 9.90 Å². The molecule has 4 aromatic heterocycles. The third-order valence-corrected chi connectivity index (χ3v) is 6.64. The summed E-state index contributed by atoms with van der Waals surface area (Å²) in [5.41, 5.74) is 1.45. The quantitative estimate of drug-likeness (QED) is 0.456. The van der Waals surface area contributed by atoms with E-state index in [1.54, 1.807) is 18.3 Å². The van der Waals surface area contributed by atoms with Crippen molar-refractivity contribution in [2.75, 3.05) is 0 Å². The summed E-state index contributed by atoms with van der Waals surface area (Å²) in [6.07, 6.45) is 2.61. The molecule has 0 aliphatic heterocycles. The van der Waals surface area contributed by atoms with Crippen molar-refractivity contribution in [2.45, 2.75) is 11.8 Å². The van der Waals surface area contributed by atoms with Gasteiger partial charge in [-0.25, -0.2) is 18.7 Å². The van der Waals surface area contributed by atoms with Gasteiger partial charge in [0, 0.05) is 12.3 Å². The van der Waals surface area contributed by atoms with Crippen LogP contribution in [0.25, 0.3) is 27.5 Å². The molecule has 0 aliphatic carbocycles. The van der Waals surface area contributed by atoms with Crippen molar-refractivity contribution in [1.29, 1.82) is 0 Å². The fourth-order valence-electron chi connectivity index (χ4n) is 3.09. The van der Waals surface area contributed by atoms with E-state index < -0.39 is 5.69 Å². The van der Waals surface area contributed by atoms with Crippen molar-refractivity contribution in [3.05, 3.63) is 75.4 Å². The van der Waals surface area contributed by atoms with Gasteiger partial charge in [-0.15, -0.1) is 11.3 Å². The Balaban J connectivity index is 1.55. The number of nitrogens with zero attached hydrogens (tertiary/aromatic N) is 4. The highest BCUT2D eigenvalue weighted by Gasteiger charge is 2.16. The van der Waals surface area contributed by atoms with Gasteiger partial charge in [-0.1, -0.05) is 18.2 Å². The van der Waals surface area contributed by atoms with Gasteiger partial charge in [0.2, 0.25) is 5.88 Å². The van der Waals surface area contributed by atoms with Gasteiger partial charge in [-0.3, -0.25) is 0 Å². The van der Waals surface area contributed by atoms with Crippen LogP contribution in [-0.2, 0) is 0 Å². The SMILES string of the molecule is Cc1nc(Oc2ccccc2)ccc1Sn1c(=O)nc2c(=CO)sc3nccc1c32. The molecule has 9 heteroatoms. The van der Waals surface area contributed by atoms with Crippen molar-refractivity contribution in [1.82, 2.24) is 18.9 Å². The lowest BCUT2D eigenvalue weighted by Gasteiger charge is -2.11. The maximum atomic E-state index is 12.8. The van der Waals surface area contributed by atoms with Gasteiger partial charge in [-0.2, -0.15) is 4.98 Å². The second kappa shape index (κ2) is 7.43. The fourth-order valence-corrected chi connectivity index (χ4v) is 4.89. The fraction of sp³-hybridized carbons (Fsp3) is 0.0476. The Labute approximate surface area is 178 Å². The van der Waals surface area contributed by atoms with E-state index in [2.05, 4.69) is 15.0 Å². The normalized spacial score (nSPS) is 12.1. The Bertz CT molecular complexity index is 1500. The number of aromatic nitrogens is 4. The van der Waals surface area contributed by atoms with Crippen molar-refractivity contribution in [2.24, 2.45) is 0 Å². The van der Waals surface area contributed by atoms with Crippen LogP contribution in [0.1, 0.15) is 5.69 Å². The number of pyridine rings is 2. The first-order valence-corrected chi connectivity index (χ1v) is 10.6. The lowest BCUT2D eigenvalue weighted by Crippen LogP contribution is -2.20. The molecule has 0 saturated carbocycles. The summed E-state index contributed by atoms with van der Waals surface area (Å²) in [7, 11) is 0. The number of rotatable bonds is 4. The molecular weight excluding hydrogens is 420 g/mol. The smallest absolute Gasteiger partial charge is 0.359 e. The van der Waals surface area contributed by atoms with Crippen LogP contribution in [0.2, 0.25) is 0 Å². The van der Waals surface area contributed by atoms with Gasteiger partial charge < -0.3 is 9.84 Å². The second-order valence-electron chi connectivity index (χ2n) is 6.38. The van der Waals surface area contributed by atoms with E-state index in [1.165, 1.54) is 27.3 Å². The summed E-state index contributed by atoms with van der Waals surface area (Å²) >= 11 is 2.54. The van der Waals surface area contributed by atoms with E-state index in [-0.39, 0.29) is 0 Å². The van der Waals surface area contributed by atoms with Gasteiger partial charge >= 0.3 is 5.69 Å². The highest BCUT2D eigenvalue weighted by Crippen LogP contribution is 2.31. The molecular formula is C21H14N4O3S2. The minimum Gasteiger partial charge on any atom is -0.514 e. The van der Waals surface area contributed by atoms with Crippen LogP contribution in [-0.4, -0.2) is 24.0 Å². The number of aliphatic hydroxyl groups is 1. The lowest BCUT2D eigenvalue weighted by atomic mass is 10.3. The van der Waals surface area contributed by atoms with Crippen LogP contribution in [0.4, 0.5) is 0 Å². The van der Waals surface area contributed by atoms with Gasteiger partial charge in [0.15, 0.2) is 0 Å². The molecule has 0 spiro atoms. The first-order chi connectivity index (χ1) is 14.6. The highest BCUT2D eigenvalue weighted by atomic mass is 32.2. The zero-order valence-corrected chi connectivity index (χ0v) is 17.3. The van der Waals surface area contributed by atoms with Crippen LogP contribution >= 0.6 is 23.3 Å². The summed E-state index contributed by atoms with van der Waals surface area (Å²) < 4.78 is 7.82. The average molecular weight is 435 g/mol. The molecule has 7 nitrogen and oxygen atoms in total. The average Bonchev–Trinajstić information content (AvgIpc) is 3.11. The van der Waals surface area contributed by atoms with Gasteiger partial charge in [0.1, 0.15) is 16.1 Å². The van der Waals surface area contributed by atoms with Gasteiger partial charge in [0.25, 0.3) is 0 Å². The minimum absolute atomic E-state index is 0.425. The molecule has 0 aliphatic rings. The number of hydrogen-bond acceptors (Lipinski definition) is 8. The summed E-state index contributed by atoms with van der Waals surface area (Å²) in [5.74, 6) is 1.18. The maximum Gasteiger partial charge on any atom is 0.359 e.